The number of hydrogen-bond donors (Lipinski definition) is 1. The molecular formula is C27H36N2O2. The van der Waals surface area contributed by atoms with E-state index >= 15 is 0 Å². The molecule has 4 nitrogen and oxygen atoms in total. The first-order chi connectivity index (χ1) is 15.2. The molecule has 2 saturated heterocycles. The molecule has 0 bridgehead atoms. The lowest BCUT2D eigenvalue weighted by Crippen LogP contribution is -2.44. The number of rotatable bonds is 7. The molecule has 3 aliphatic rings. The van der Waals surface area contributed by atoms with E-state index in [1.165, 1.54) is 57.2 Å². The smallest absolute Gasteiger partial charge is 0.115 e. The zero-order valence-corrected chi connectivity index (χ0v) is 18.6. The van der Waals surface area contributed by atoms with Crippen LogP contribution in [-0.2, 0) is 24.1 Å². The highest BCUT2D eigenvalue weighted by molar-refractivity contribution is 5.33. The van der Waals surface area contributed by atoms with E-state index in [2.05, 4.69) is 46.2 Å². The number of nitrogens with zero attached hydrogens (tertiary/aromatic N) is 2. The minimum absolute atomic E-state index is 0.343. The zero-order chi connectivity index (χ0) is 21.0. The number of phenols is 1. The normalized spacial score (nSPS) is 22.9. The van der Waals surface area contributed by atoms with Gasteiger partial charge in [0.05, 0.1) is 6.10 Å². The summed E-state index contributed by atoms with van der Waals surface area (Å²) in [5.74, 6) is 1.11. The Morgan fingerprint density at radius 2 is 1.61 bits per heavy atom. The lowest BCUT2D eigenvalue weighted by molar-refractivity contribution is 0.0541. The number of ether oxygens (including phenoxy) is 1. The van der Waals surface area contributed by atoms with Gasteiger partial charge in [0.15, 0.2) is 0 Å². The van der Waals surface area contributed by atoms with E-state index in [9.17, 15) is 5.11 Å². The number of hydrogen-bond acceptors (Lipinski definition) is 4. The molecule has 2 aliphatic heterocycles. The predicted octanol–water partition coefficient (Wildman–Crippen LogP) is 4.25. The summed E-state index contributed by atoms with van der Waals surface area (Å²) in [6.07, 6.45) is 7.82. The molecule has 1 atom stereocenters. The standard InChI is InChI=1S/C27H36N2O2/c30-26-9-7-21(8-10-26)18-28(20-27-6-3-15-31-27)19-22-11-13-29(14-12-22)25-16-23-4-1-2-5-24(23)17-25/h1-2,4-5,7-10,22,25,27,30H,3,6,11-20H2. The number of piperidine rings is 1. The van der Waals surface area contributed by atoms with Crippen molar-refractivity contribution >= 4 is 0 Å². The van der Waals surface area contributed by atoms with Crippen LogP contribution < -0.4 is 0 Å². The quantitative estimate of drug-likeness (QED) is 0.726. The average molecular weight is 421 g/mol. The van der Waals surface area contributed by atoms with Gasteiger partial charge in [0.2, 0.25) is 0 Å². The number of benzene rings is 2. The second-order valence-electron chi connectivity index (χ2n) is 9.81. The van der Waals surface area contributed by atoms with Crippen molar-refractivity contribution < 1.29 is 9.84 Å². The largest absolute Gasteiger partial charge is 0.508 e. The van der Waals surface area contributed by atoms with Gasteiger partial charge in [-0.3, -0.25) is 9.80 Å². The molecule has 1 aliphatic carbocycles. The Kier molecular flexibility index (Phi) is 6.58. The van der Waals surface area contributed by atoms with Crippen molar-refractivity contribution in [2.75, 3.05) is 32.8 Å². The summed E-state index contributed by atoms with van der Waals surface area (Å²) in [7, 11) is 0. The average Bonchev–Trinajstić information content (AvgIpc) is 3.45. The fourth-order valence-electron chi connectivity index (χ4n) is 5.80. The number of likely N-dealkylation sites (tertiary alicyclic amines) is 1. The van der Waals surface area contributed by atoms with E-state index in [0.29, 0.717) is 17.9 Å². The minimum Gasteiger partial charge on any atom is -0.508 e. The highest BCUT2D eigenvalue weighted by atomic mass is 16.5. The summed E-state index contributed by atoms with van der Waals surface area (Å²) >= 11 is 0. The van der Waals surface area contributed by atoms with Gasteiger partial charge in [-0.25, -0.2) is 0 Å². The van der Waals surface area contributed by atoms with Crippen molar-refractivity contribution in [1.82, 2.24) is 9.80 Å². The molecule has 1 unspecified atom stereocenters. The maximum absolute atomic E-state index is 9.62. The van der Waals surface area contributed by atoms with E-state index in [1.54, 1.807) is 23.3 Å². The predicted molar refractivity (Wildman–Crippen MR) is 124 cm³/mol. The van der Waals surface area contributed by atoms with Crippen LogP contribution in [0, 0.1) is 5.92 Å². The van der Waals surface area contributed by atoms with E-state index in [4.69, 9.17) is 4.74 Å². The Bertz CT molecular complexity index is 814. The van der Waals surface area contributed by atoms with Crippen molar-refractivity contribution in [1.29, 1.82) is 0 Å². The minimum atomic E-state index is 0.343. The fraction of sp³-hybridized carbons (Fsp3) is 0.556. The topological polar surface area (TPSA) is 35.9 Å². The fourth-order valence-corrected chi connectivity index (χ4v) is 5.80. The zero-order valence-electron chi connectivity index (χ0n) is 18.6. The second-order valence-corrected chi connectivity index (χ2v) is 9.81. The summed E-state index contributed by atoms with van der Waals surface area (Å²) in [4.78, 5) is 5.36. The van der Waals surface area contributed by atoms with Gasteiger partial charge >= 0.3 is 0 Å². The first-order valence-electron chi connectivity index (χ1n) is 12.2. The maximum atomic E-state index is 9.62. The Morgan fingerprint density at radius 1 is 0.903 bits per heavy atom. The van der Waals surface area contributed by atoms with Crippen LogP contribution >= 0.6 is 0 Å². The van der Waals surface area contributed by atoms with Crippen LogP contribution in [-0.4, -0.2) is 59.8 Å². The third kappa shape index (κ3) is 5.31. The molecule has 166 valence electrons. The number of phenolic OH excluding ortho intramolecular Hbond substituents is 1. The summed E-state index contributed by atoms with van der Waals surface area (Å²) in [6, 6.07) is 17.4. The highest BCUT2D eigenvalue weighted by Gasteiger charge is 2.30. The SMILES string of the molecule is Oc1ccc(CN(CC2CCN(C3Cc4ccccc4C3)CC2)CC2CCCO2)cc1. The van der Waals surface area contributed by atoms with Gasteiger partial charge in [-0.2, -0.15) is 0 Å². The number of fused-ring (bicyclic) bond motifs is 1. The van der Waals surface area contributed by atoms with E-state index in [1.807, 2.05) is 0 Å². The van der Waals surface area contributed by atoms with Crippen molar-refractivity contribution in [2.24, 2.45) is 5.92 Å². The molecule has 5 rings (SSSR count). The van der Waals surface area contributed by atoms with Crippen LogP contribution in [0.4, 0.5) is 0 Å². The van der Waals surface area contributed by atoms with Crippen molar-refractivity contribution in [3.63, 3.8) is 0 Å². The van der Waals surface area contributed by atoms with Crippen LogP contribution in [0.5, 0.6) is 5.75 Å². The lowest BCUT2D eigenvalue weighted by atomic mass is 9.94. The van der Waals surface area contributed by atoms with E-state index < -0.39 is 0 Å². The second kappa shape index (κ2) is 9.72. The first-order valence-corrected chi connectivity index (χ1v) is 12.2. The Balaban J connectivity index is 1.15. The lowest BCUT2D eigenvalue weighted by Gasteiger charge is -2.38. The summed E-state index contributed by atoms with van der Waals surface area (Å²) < 4.78 is 5.95. The van der Waals surface area contributed by atoms with Gasteiger partial charge in [-0.05, 0) is 86.4 Å². The summed E-state index contributed by atoms with van der Waals surface area (Å²) in [5, 5.41) is 9.62. The molecule has 31 heavy (non-hydrogen) atoms. The van der Waals surface area contributed by atoms with Gasteiger partial charge in [-0.1, -0.05) is 36.4 Å². The monoisotopic (exact) mass is 420 g/mol. The molecule has 2 heterocycles. The van der Waals surface area contributed by atoms with Gasteiger partial charge in [-0.15, -0.1) is 0 Å². The molecule has 4 heteroatoms. The van der Waals surface area contributed by atoms with Crippen LogP contribution in [0.15, 0.2) is 48.5 Å². The summed E-state index contributed by atoms with van der Waals surface area (Å²) in [5.41, 5.74) is 4.40. The Morgan fingerprint density at radius 3 is 2.26 bits per heavy atom. The van der Waals surface area contributed by atoms with Crippen LogP contribution in [0.2, 0.25) is 0 Å². The third-order valence-corrected chi connectivity index (χ3v) is 7.54. The maximum Gasteiger partial charge on any atom is 0.115 e. The Hall–Kier alpha value is -1.88. The highest BCUT2D eigenvalue weighted by Crippen LogP contribution is 2.29. The molecule has 0 spiro atoms. The summed E-state index contributed by atoms with van der Waals surface area (Å²) in [6.45, 7) is 6.50. The van der Waals surface area contributed by atoms with Crippen molar-refractivity contribution in [3.8, 4) is 5.75 Å². The molecule has 0 aromatic heterocycles. The molecule has 1 N–H and O–H groups in total. The van der Waals surface area contributed by atoms with Gasteiger partial charge in [0, 0.05) is 32.3 Å². The van der Waals surface area contributed by atoms with Gasteiger partial charge in [0.25, 0.3) is 0 Å². The van der Waals surface area contributed by atoms with E-state index in [0.717, 1.165) is 32.2 Å². The van der Waals surface area contributed by atoms with Crippen molar-refractivity contribution in [2.45, 2.75) is 57.2 Å². The van der Waals surface area contributed by atoms with Crippen LogP contribution in [0.25, 0.3) is 0 Å². The van der Waals surface area contributed by atoms with Gasteiger partial charge < -0.3 is 9.84 Å². The van der Waals surface area contributed by atoms with Crippen LogP contribution in [0.3, 0.4) is 0 Å². The molecular weight excluding hydrogens is 384 g/mol. The molecule has 0 saturated carbocycles. The van der Waals surface area contributed by atoms with Gasteiger partial charge in [0.1, 0.15) is 5.75 Å². The molecule has 0 radical (unpaired) electrons. The molecule has 2 aromatic carbocycles. The molecule has 2 fully saturated rings. The first kappa shape index (κ1) is 21.0. The molecule has 2 aromatic rings. The van der Waals surface area contributed by atoms with Crippen molar-refractivity contribution in [3.05, 3.63) is 65.2 Å². The third-order valence-electron chi connectivity index (χ3n) is 7.54. The van der Waals surface area contributed by atoms with Crippen LogP contribution in [0.1, 0.15) is 42.4 Å². The Labute approximate surface area is 186 Å². The van der Waals surface area contributed by atoms with E-state index in [-0.39, 0.29) is 0 Å². The number of aromatic hydroxyl groups is 1. The molecule has 0 amide bonds.